The maximum absolute atomic E-state index is 2.40. The van der Waals surface area contributed by atoms with Crippen LogP contribution in [-0.4, -0.2) is 52.8 Å². The highest BCUT2D eigenvalue weighted by molar-refractivity contribution is 5.15. The summed E-state index contributed by atoms with van der Waals surface area (Å²) in [6.07, 6.45) is 0. The second-order valence-corrected chi connectivity index (χ2v) is 9.90. The van der Waals surface area contributed by atoms with E-state index in [1.54, 1.807) is 0 Å². The quantitative estimate of drug-likeness (QED) is 0.746. The largest absolute Gasteiger partial charge is 0.342 e. The molecule has 0 aliphatic rings. The second-order valence-electron chi connectivity index (χ2n) is 9.90. The van der Waals surface area contributed by atoms with Gasteiger partial charge in [-0.2, -0.15) is 0 Å². The standard InChI is InChI=1S/C19H39N3/c1-18(2,3)21(8,9)14-16-12-13-17(20(16)7)15-22(10,11)19(4,5)6/h12-13H,14-15H2,1-11H3/q+2. The molecule has 1 heterocycles. The van der Waals surface area contributed by atoms with Crippen molar-refractivity contribution in [3.05, 3.63) is 23.5 Å². The first-order valence-electron chi connectivity index (χ1n) is 8.38. The van der Waals surface area contributed by atoms with E-state index < -0.39 is 0 Å². The number of hydrogen-bond acceptors (Lipinski definition) is 0. The van der Waals surface area contributed by atoms with Crippen LogP contribution in [0.2, 0.25) is 0 Å². The van der Waals surface area contributed by atoms with Crippen molar-refractivity contribution < 1.29 is 8.97 Å². The number of rotatable bonds is 4. The lowest BCUT2D eigenvalue weighted by Crippen LogP contribution is -2.54. The maximum Gasteiger partial charge on any atom is 0.120 e. The SMILES string of the molecule is Cn1c(C[N+](C)(C)C(C)(C)C)ccc1C[N+](C)(C)C(C)(C)C. The lowest BCUT2D eigenvalue weighted by atomic mass is 10.0. The Morgan fingerprint density at radius 2 is 1.00 bits per heavy atom. The van der Waals surface area contributed by atoms with Gasteiger partial charge in [0, 0.05) is 7.05 Å². The van der Waals surface area contributed by atoms with Crippen LogP contribution in [0, 0.1) is 0 Å². The Morgan fingerprint density at radius 3 is 1.23 bits per heavy atom. The summed E-state index contributed by atoms with van der Waals surface area (Å²) in [6, 6.07) is 4.62. The highest BCUT2D eigenvalue weighted by Gasteiger charge is 2.34. The Kier molecular flexibility index (Phi) is 4.97. The van der Waals surface area contributed by atoms with Crippen molar-refractivity contribution in [1.82, 2.24) is 4.57 Å². The third-order valence-corrected chi connectivity index (χ3v) is 6.08. The highest BCUT2D eigenvalue weighted by Crippen LogP contribution is 2.26. The molecule has 0 fully saturated rings. The lowest BCUT2D eigenvalue weighted by Gasteiger charge is -2.43. The average molecular weight is 310 g/mol. The van der Waals surface area contributed by atoms with E-state index in [1.807, 2.05) is 0 Å². The summed E-state index contributed by atoms with van der Waals surface area (Å²) in [5.74, 6) is 0. The molecule has 0 aliphatic heterocycles. The summed E-state index contributed by atoms with van der Waals surface area (Å²) in [5, 5.41) is 0. The van der Waals surface area contributed by atoms with Crippen LogP contribution in [0.1, 0.15) is 52.9 Å². The monoisotopic (exact) mass is 309 g/mol. The fourth-order valence-corrected chi connectivity index (χ4v) is 2.20. The minimum Gasteiger partial charge on any atom is -0.342 e. The fraction of sp³-hybridized carbons (Fsp3) is 0.789. The van der Waals surface area contributed by atoms with Crippen LogP contribution < -0.4 is 0 Å². The van der Waals surface area contributed by atoms with Gasteiger partial charge in [-0.3, -0.25) is 0 Å². The van der Waals surface area contributed by atoms with Crippen LogP contribution in [0.15, 0.2) is 12.1 Å². The third-order valence-electron chi connectivity index (χ3n) is 6.08. The van der Waals surface area contributed by atoms with Crippen LogP contribution in [0.3, 0.4) is 0 Å². The zero-order chi connectivity index (χ0) is 17.6. The van der Waals surface area contributed by atoms with E-state index in [0.29, 0.717) is 0 Å². The molecule has 128 valence electrons. The molecule has 3 nitrogen and oxygen atoms in total. The number of hydrogen-bond donors (Lipinski definition) is 0. The van der Waals surface area contributed by atoms with E-state index in [0.717, 1.165) is 22.1 Å². The molecule has 0 N–H and O–H groups in total. The molecule has 1 rings (SSSR count). The minimum atomic E-state index is 0.241. The van der Waals surface area contributed by atoms with Gasteiger partial charge in [0.05, 0.1) is 50.7 Å². The topological polar surface area (TPSA) is 4.93 Å². The molecule has 0 saturated carbocycles. The van der Waals surface area contributed by atoms with Crippen molar-refractivity contribution in [2.75, 3.05) is 28.2 Å². The molecule has 0 amide bonds. The van der Waals surface area contributed by atoms with Crippen molar-refractivity contribution in [2.45, 2.75) is 65.7 Å². The van der Waals surface area contributed by atoms with Gasteiger partial charge in [0.1, 0.15) is 13.1 Å². The van der Waals surface area contributed by atoms with Gasteiger partial charge in [-0.15, -0.1) is 0 Å². The second kappa shape index (κ2) is 5.68. The Morgan fingerprint density at radius 1 is 0.727 bits per heavy atom. The Hall–Kier alpha value is -0.800. The summed E-state index contributed by atoms with van der Waals surface area (Å²) in [4.78, 5) is 0. The summed E-state index contributed by atoms with van der Waals surface area (Å²) in [6.45, 7) is 16.0. The van der Waals surface area contributed by atoms with Gasteiger partial charge >= 0.3 is 0 Å². The van der Waals surface area contributed by atoms with Crippen LogP contribution in [0.25, 0.3) is 0 Å². The van der Waals surface area contributed by atoms with E-state index >= 15 is 0 Å². The number of aromatic nitrogens is 1. The van der Waals surface area contributed by atoms with E-state index in [2.05, 4.69) is 93.5 Å². The highest BCUT2D eigenvalue weighted by atomic mass is 15.4. The molecular weight excluding hydrogens is 270 g/mol. The Bertz CT molecular complexity index is 462. The van der Waals surface area contributed by atoms with Crippen LogP contribution in [-0.2, 0) is 20.1 Å². The predicted octanol–water partition coefficient (Wildman–Crippen LogP) is 3.77. The minimum absolute atomic E-state index is 0.241. The summed E-state index contributed by atoms with van der Waals surface area (Å²) >= 11 is 0. The predicted molar refractivity (Wildman–Crippen MR) is 96.5 cm³/mol. The van der Waals surface area contributed by atoms with Crippen molar-refractivity contribution in [3.8, 4) is 0 Å². The molecule has 1 aromatic heterocycles. The molecule has 0 unspecified atom stereocenters. The average Bonchev–Trinajstić information content (AvgIpc) is 2.57. The molecule has 0 atom stereocenters. The summed E-state index contributed by atoms with van der Waals surface area (Å²) in [5.41, 5.74) is 3.32. The fourth-order valence-electron chi connectivity index (χ4n) is 2.20. The Balaban J connectivity index is 3.01. The number of quaternary nitrogens is 2. The molecule has 0 saturated heterocycles. The summed E-state index contributed by atoms with van der Waals surface area (Å²) in [7, 11) is 11.5. The van der Waals surface area contributed by atoms with Crippen molar-refractivity contribution >= 4 is 0 Å². The molecule has 0 aromatic carbocycles. The zero-order valence-electron chi connectivity index (χ0n) is 16.9. The van der Waals surface area contributed by atoms with Gasteiger partial charge < -0.3 is 13.5 Å². The smallest absolute Gasteiger partial charge is 0.120 e. The summed E-state index contributed by atoms with van der Waals surface area (Å²) < 4.78 is 4.38. The Labute approximate surface area is 138 Å². The van der Waals surface area contributed by atoms with Gasteiger partial charge in [0.15, 0.2) is 0 Å². The van der Waals surface area contributed by atoms with Crippen LogP contribution in [0.5, 0.6) is 0 Å². The first-order valence-corrected chi connectivity index (χ1v) is 8.38. The van der Waals surface area contributed by atoms with E-state index in [-0.39, 0.29) is 11.1 Å². The molecule has 0 aliphatic carbocycles. The van der Waals surface area contributed by atoms with Gasteiger partial charge in [-0.05, 0) is 53.7 Å². The van der Waals surface area contributed by atoms with Gasteiger partial charge in [0.25, 0.3) is 0 Å². The molecular formula is C19H39N3+2. The molecule has 0 bridgehead atoms. The lowest BCUT2D eigenvalue weighted by molar-refractivity contribution is -0.949. The van der Waals surface area contributed by atoms with Crippen molar-refractivity contribution in [1.29, 1.82) is 0 Å². The molecule has 1 aromatic rings. The first-order chi connectivity index (χ1) is 9.58. The van der Waals surface area contributed by atoms with Crippen molar-refractivity contribution in [3.63, 3.8) is 0 Å². The van der Waals surface area contributed by atoms with E-state index in [4.69, 9.17) is 0 Å². The third kappa shape index (κ3) is 3.94. The number of nitrogens with zero attached hydrogens (tertiary/aromatic N) is 3. The molecule has 0 radical (unpaired) electrons. The van der Waals surface area contributed by atoms with Crippen LogP contribution >= 0.6 is 0 Å². The van der Waals surface area contributed by atoms with Gasteiger partial charge in [-0.1, -0.05) is 0 Å². The molecule has 3 heteroatoms. The van der Waals surface area contributed by atoms with E-state index in [1.165, 1.54) is 11.4 Å². The molecule has 0 spiro atoms. The van der Waals surface area contributed by atoms with Gasteiger partial charge in [0.2, 0.25) is 0 Å². The van der Waals surface area contributed by atoms with E-state index in [9.17, 15) is 0 Å². The van der Waals surface area contributed by atoms with Crippen molar-refractivity contribution in [2.24, 2.45) is 7.05 Å². The normalized spacial score (nSPS) is 14.5. The van der Waals surface area contributed by atoms with Crippen LogP contribution in [0.4, 0.5) is 0 Å². The molecule has 22 heavy (non-hydrogen) atoms. The maximum atomic E-state index is 2.40. The zero-order valence-corrected chi connectivity index (χ0v) is 16.9. The first kappa shape index (κ1) is 19.2. The van der Waals surface area contributed by atoms with Gasteiger partial charge in [-0.25, -0.2) is 0 Å².